The SMILES string of the molecule is CC(C)CC(C=O)NC(=O)C(CC(C)C)NC(=O)C(CC(C)C)NCc1ccccc1C(=O)O. The Balaban J connectivity index is 2.98. The first-order valence-electron chi connectivity index (χ1n) is 12.0. The molecule has 1 aromatic carbocycles. The second-order valence-electron chi connectivity index (χ2n) is 10.1. The summed E-state index contributed by atoms with van der Waals surface area (Å²) >= 11 is 0. The van der Waals surface area contributed by atoms with Gasteiger partial charge in [-0.15, -0.1) is 0 Å². The summed E-state index contributed by atoms with van der Waals surface area (Å²) in [6, 6.07) is 4.67. The van der Waals surface area contributed by atoms with E-state index in [0.717, 1.165) is 6.29 Å². The molecule has 0 aromatic heterocycles. The number of benzene rings is 1. The number of carbonyl (C=O) groups excluding carboxylic acids is 3. The number of rotatable bonds is 15. The van der Waals surface area contributed by atoms with Gasteiger partial charge >= 0.3 is 5.97 Å². The van der Waals surface area contributed by atoms with Crippen molar-refractivity contribution >= 4 is 24.1 Å². The van der Waals surface area contributed by atoms with Gasteiger partial charge in [0.15, 0.2) is 0 Å². The third-order valence-corrected chi connectivity index (χ3v) is 5.37. The van der Waals surface area contributed by atoms with Crippen LogP contribution in [0.15, 0.2) is 24.3 Å². The molecule has 1 aromatic rings. The maximum atomic E-state index is 13.2. The van der Waals surface area contributed by atoms with Crippen molar-refractivity contribution in [1.29, 1.82) is 0 Å². The average Bonchev–Trinajstić information content (AvgIpc) is 2.74. The Bertz CT molecular complexity index is 822. The molecule has 4 N–H and O–H groups in total. The van der Waals surface area contributed by atoms with Crippen molar-refractivity contribution in [2.45, 2.75) is 85.5 Å². The van der Waals surface area contributed by atoms with Gasteiger partial charge in [0.1, 0.15) is 12.3 Å². The molecule has 3 unspecified atom stereocenters. The molecule has 0 bridgehead atoms. The molecule has 2 amide bonds. The predicted octanol–water partition coefficient (Wildman–Crippen LogP) is 3.15. The van der Waals surface area contributed by atoms with Crippen LogP contribution in [0.25, 0.3) is 0 Å². The number of aldehydes is 1. The number of hydrogen-bond acceptors (Lipinski definition) is 5. The van der Waals surface area contributed by atoms with E-state index in [0.29, 0.717) is 24.8 Å². The van der Waals surface area contributed by atoms with Crippen LogP contribution in [0.3, 0.4) is 0 Å². The third-order valence-electron chi connectivity index (χ3n) is 5.37. The Morgan fingerprint density at radius 3 is 1.88 bits per heavy atom. The van der Waals surface area contributed by atoms with E-state index in [2.05, 4.69) is 16.0 Å². The molecule has 190 valence electrons. The van der Waals surface area contributed by atoms with E-state index in [1.165, 1.54) is 6.07 Å². The van der Waals surface area contributed by atoms with Gasteiger partial charge in [-0.1, -0.05) is 59.7 Å². The summed E-state index contributed by atoms with van der Waals surface area (Å²) in [4.78, 5) is 49.1. The topological polar surface area (TPSA) is 125 Å². The fraction of sp³-hybridized carbons (Fsp3) is 0.615. The summed E-state index contributed by atoms with van der Waals surface area (Å²) in [6.07, 6.45) is 2.20. The van der Waals surface area contributed by atoms with Crippen molar-refractivity contribution in [3.8, 4) is 0 Å². The number of carboxylic acid groups (broad SMARTS) is 1. The van der Waals surface area contributed by atoms with Crippen LogP contribution in [0.4, 0.5) is 0 Å². The number of carboxylic acids is 1. The highest BCUT2D eigenvalue weighted by molar-refractivity contribution is 5.91. The van der Waals surface area contributed by atoms with E-state index in [1.807, 2.05) is 41.5 Å². The molecule has 0 heterocycles. The second-order valence-corrected chi connectivity index (χ2v) is 10.1. The van der Waals surface area contributed by atoms with Gasteiger partial charge in [0.25, 0.3) is 0 Å². The first-order chi connectivity index (χ1) is 15.9. The molecular weight excluding hydrogens is 434 g/mol. The highest BCUT2D eigenvalue weighted by atomic mass is 16.4. The largest absolute Gasteiger partial charge is 0.478 e. The first kappa shape index (κ1) is 29.3. The third kappa shape index (κ3) is 10.5. The average molecular weight is 476 g/mol. The predicted molar refractivity (Wildman–Crippen MR) is 132 cm³/mol. The Labute approximate surface area is 203 Å². The van der Waals surface area contributed by atoms with Gasteiger partial charge in [-0.25, -0.2) is 4.79 Å². The lowest BCUT2D eigenvalue weighted by atomic mass is 9.99. The molecule has 0 aliphatic heterocycles. The highest BCUT2D eigenvalue weighted by Gasteiger charge is 2.28. The van der Waals surface area contributed by atoms with Crippen LogP contribution >= 0.6 is 0 Å². The maximum absolute atomic E-state index is 13.2. The van der Waals surface area contributed by atoms with Crippen LogP contribution in [0.2, 0.25) is 0 Å². The fourth-order valence-corrected chi connectivity index (χ4v) is 3.79. The number of nitrogens with one attached hydrogen (secondary N) is 3. The first-order valence-corrected chi connectivity index (χ1v) is 12.0. The van der Waals surface area contributed by atoms with E-state index in [9.17, 15) is 24.3 Å². The number of carbonyl (C=O) groups is 4. The van der Waals surface area contributed by atoms with Crippen LogP contribution in [0.1, 0.15) is 76.7 Å². The van der Waals surface area contributed by atoms with E-state index in [1.54, 1.807) is 18.2 Å². The zero-order chi connectivity index (χ0) is 25.8. The zero-order valence-electron chi connectivity index (χ0n) is 21.3. The lowest BCUT2D eigenvalue weighted by molar-refractivity contribution is -0.131. The molecule has 8 heteroatoms. The monoisotopic (exact) mass is 475 g/mol. The Morgan fingerprint density at radius 2 is 1.35 bits per heavy atom. The van der Waals surface area contributed by atoms with Gasteiger partial charge in [0.05, 0.1) is 17.6 Å². The standard InChI is InChI=1S/C26H41N3O5/c1-16(2)11-20(15-30)28-25(32)23(13-18(5)6)29-24(31)22(12-17(3)4)27-14-19-9-7-8-10-21(19)26(33)34/h7-10,15-18,20,22-23,27H,11-14H2,1-6H3,(H,28,32)(H,29,31)(H,33,34). The maximum Gasteiger partial charge on any atom is 0.336 e. The Kier molecular flexibility index (Phi) is 12.5. The molecule has 34 heavy (non-hydrogen) atoms. The van der Waals surface area contributed by atoms with Crippen molar-refractivity contribution < 1.29 is 24.3 Å². The minimum atomic E-state index is -1.03. The molecule has 1 rings (SSSR count). The molecule has 0 saturated heterocycles. The summed E-state index contributed by atoms with van der Waals surface area (Å²) in [5.74, 6) is -1.15. The number of aromatic carboxylic acids is 1. The molecular formula is C26H41N3O5. The minimum Gasteiger partial charge on any atom is -0.478 e. The number of amides is 2. The van der Waals surface area contributed by atoms with Gasteiger partial charge in [-0.05, 0) is 48.6 Å². The highest BCUT2D eigenvalue weighted by Crippen LogP contribution is 2.13. The molecule has 0 radical (unpaired) electrons. The number of hydrogen-bond donors (Lipinski definition) is 4. The molecule has 0 saturated carbocycles. The van der Waals surface area contributed by atoms with Crippen molar-refractivity contribution in [1.82, 2.24) is 16.0 Å². The molecule has 3 atom stereocenters. The van der Waals surface area contributed by atoms with Crippen LogP contribution in [-0.2, 0) is 20.9 Å². The molecule has 8 nitrogen and oxygen atoms in total. The second kappa shape index (κ2) is 14.5. The molecule has 0 fully saturated rings. The summed E-state index contributed by atoms with van der Waals surface area (Å²) in [5, 5.41) is 18.2. The zero-order valence-corrected chi connectivity index (χ0v) is 21.3. The van der Waals surface area contributed by atoms with E-state index >= 15 is 0 Å². The minimum absolute atomic E-state index is 0.148. The van der Waals surface area contributed by atoms with Crippen molar-refractivity contribution in [2.75, 3.05) is 0 Å². The lowest BCUT2D eigenvalue weighted by Crippen LogP contribution is -2.55. The fourth-order valence-electron chi connectivity index (χ4n) is 3.79. The summed E-state index contributed by atoms with van der Waals surface area (Å²) in [7, 11) is 0. The van der Waals surface area contributed by atoms with Gasteiger partial charge < -0.3 is 25.9 Å². The summed E-state index contributed by atoms with van der Waals surface area (Å²) < 4.78 is 0. The van der Waals surface area contributed by atoms with Crippen LogP contribution in [0, 0.1) is 17.8 Å². The van der Waals surface area contributed by atoms with Gasteiger partial charge in [0, 0.05) is 6.54 Å². The molecule has 0 spiro atoms. The summed E-state index contributed by atoms with van der Waals surface area (Å²) in [6.45, 7) is 12.1. The van der Waals surface area contributed by atoms with E-state index in [-0.39, 0.29) is 41.7 Å². The van der Waals surface area contributed by atoms with Gasteiger partial charge in [-0.2, -0.15) is 0 Å². The Morgan fingerprint density at radius 1 is 0.824 bits per heavy atom. The van der Waals surface area contributed by atoms with E-state index in [4.69, 9.17) is 0 Å². The smallest absolute Gasteiger partial charge is 0.336 e. The van der Waals surface area contributed by atoms with Crippen LogP contribution in [0.5, 0.6) is 0 Å². The van der Waals surface area contributed by atoms with Crippen LogP contribution in [-0.4, -0.2) is 47.3 Å². The molecule has 0 aliphatic rings. The lowest BCUT2D eigenvalue weighted by Gasteiger charge is -2.26. The van der Waals surface area contributed by atoms with Gasteiger partial charge in [-0.3, -0.25) is 9.59 Å². The van der Waals surface area contributed by atoms with Crippen molar-refractivity contribution in [3.63, 3.8) is 0 Å². The van der Waals surface area contributed by atoms with E-state index < -0.39 is 24.1 Å². The van der Waals surface area contributed by atoms with Crippen molar-refractivity contribution in [3.05, 3.63) is 35.4 Å². The Hall–Kier alpha value is -2.74. The van der Waals surface area contributed by atoms with Gasteiger partial charge in [0.2, 0.25) is 11.8 Å². The van der Waals surface area contributed by atoms with Crippen molar-refractivity contribution in [2.24, 2.45) is 17.8 Å². The summed E-state index contributed by atoms with van der Waals surface area (Å²) in [5.41, 5.74) is 0.761. The normalized spacial score (nSPS) is 14.0. The molecule has 0 aliphatic carbocycles. The van der Waals surface area contributed by atoms with Crippen LogP contribution < -0.4 is 16.0 Å². The quantitative estimate of drug-likeness (QED) is 0.289.